The van der Waals surface area contributed by atoms with E-state index in [2.05, 4.69) is 0 Å². The molecule has 0 amide bonds. The molecule has 0 bridgehead atoms. The highest BCUT2D eigenvalue weighted by Gasteiger charge is 2.26. The third kappa shape index (κ3) is 3.72. The number of benzene rings is 1. The van der Waals surface area contributed by atoms with Crippen molar-refractivity contribution in [1.82, 2.24) is 4.31 Å². The molecule has 0 aliphatic rings. The van der Waals surface area contributed by atoms with Crippen LogP contribution in [-0.4, -0.2) is 38.8 Å². The third-order valence-corrected chi connectivity index (χ3v) is 4.21. The van der Waals surface area contributed by atoms with Crippen molar-refractivity contribution < 1.29 is 17.2 Å². The maximum absolute atomic E-state index is 12.4. The first kappa shape index (κ1) is 15.0. The summed E-state index contributed by atoms with van der Waals surface area (Å²) in [4.78, 5) is 0.0107. The molecule has 0 radical (unpaired) electrons. The lowest BCUT2D eigenvalue weighted by Crippen LogP contribution is -2.38. The fraction of sp³-hybridized carbons (Fsp3) is 0.455. The summed E-state index contributed by atoms with van der Waals surface area (Å²) >= 11 is 0. The van der Waals surface area contributed by atoms with Gasteiger partial charge in [-0.2, -0.15) is 4.31 Å². The zero-order valence-electron chi connectivity index (χ0n) is 10.0. The molecule has 1 aromatic carbocycles. The summed E-state index contributed by atoms with van der Waals surface area (Å²) in [6, 6.07) is 6.15. The van der Waals surface area contributed by atoms with Gasteiger partial charge in [-0.05, 0) is 24.6 Å². The molecule has 0 atom stereocenters. The molecule has 4 nitrogen and oxygen atoms in total. The van der Waals surface area contributed by atoms with Crippen molar-refractivity contribution in [3.05, 3.63) is 29.8 Å². The number of hydrogen-bond acceptors (Lipinski definition) is 3. The molecule has 0 heterocycles. The maximum atomic E-state index is 12.4. The summed E-state index contributed by atoms with van der Waals surface area (Å²) in [7, 11) is -3.91. The third-order valence-electron chi connectivity index (χ3n) is 2.35. The van der Waals surface area contributed by atoms with Crippen molar-refractivity contribution in [3.63, 3.8) is 0 Å². The Bertz CT molecular complexity index is 492. The predicted molar refractivity (Wildman–Crippen MR) is 65.0 cm³/mol. The predicted octanol–water partition coefficient (Wildman–Crippen LogP) is 1.21. The summed E-state index contributed by atoms with van der Waals surface area (Å²) in [5, 5.41) is 0. The highest BCUT2D eigenvalue weighted by molar-refractivity contribution is 7.89. The molecule has 2 N–H and O–H groups in total. The Kier molecular flexibility index (Phi) is 5.18. The molecule has 1 aromatic rings. The van der Waals surface area contributed by atoms with Crippen molar-refractivity contribution in [2.75, 3.05) is 19.6 Å². The Balaban J connectivity index is 3.08. The van der Waals surface area contributed by atoms with Crippen LogP contribution in [0.3, 0.4) is 0 Å². The van der Waals surface area contributed by atoms with Crippen LogP contribution in [-0.2, 0) is 10.0 Å². The molecule has 102 valence electrons. The molecule has 0 aliphatic carbocycles. The smallest absolute Gasteiger partial charge is 0.252 e. The minimum atomic E-state index is -3.91. The van der Waals surface area contributed by atoms with Gasteiger partial charge in [-0.25, -0.2) is 17.2 Å². The van der Waals surface area contributed by atoms with E-state index in [1.807, 2.05) is 0 Å². The molecule has 1 rings (SSSR count). The number of nitrogens with zero attached hydrogens (tertiary/aromatic N) is 1. The van der Waals surface area contributed by atoms with Crippen LogP contribution in [0.2, 0.25) is 0 Å². The fourth-order valence-corrected chi connectivity index (χ4v) is 3.07. The van der Waals surface area contributed by atoms with Crippen molar-refractivity contribution in [1.29, 1.82) is 0 Å². The fourth-order valence-electron chi connectivity index (χ4n) is 1.53. The molecular weight excluding hydrogens is 262 g/mol. The number of nitrogens with two attached hydrogens (primary N) is 1. The van der Waals surface area contributed by atoms with Gasteiger partial charge in [-0.15, -0.1) is 0 Å². The zero-order chi connectivity index (χ0) is 13.8. The molecule has 7 heteroatoms. The Morgan fingerprint density at radius 1 is 1.39 bits per heavy atom. The van der Waals surface area contributed by atoms with E-state index in [0.29, 0.717) is 4.31 Å². The number of sulfonamides is 1. The monoisotopic (exact) mass is 278 g/mol. The highest BCUT2D eigenvalue weighted by Crippen LogP contribution is 2.17. The van der Waals surface area contributed by atoms with Crippen molar-refractivity contribution in [3.8, 4) is 0 Å². The SMILES string of the molecule is Cc1cccc(S(=O)(=O)N(CCN)CC(F)F)c1. The topological polar surface area (TPSA) is 63.4 Å². The van der Waals surface area contributed by atoms with E-state index in [1.165, 1.54) is 12.1 Å². The normalized spacial score (nSPS) is 12.3. The molecule has 0 saturated carbocycles. The second-order valence-corrected chi connectivity index (χ2v) is 5.80. The summed E-state index contributed by atoms with van der Waals surface area (Å²) in [6.45, 7) is 0.769. The molecule has 0 saturated heterocycles. The zero-order valence-corrected chi connectivity index (χ0v) is 10.8. The highest BCUT2D eigenvalue weighted by atomic mass is 32.2. The van der Waals surface area contributed by atoms with Crippen LogP contribution >= 0.6 is 0 Å². The molecule has 0 fully saturated rings. The molecule has 0 unspecified atom stereocenters. The number of halogens is 2. The first-order chi connectivity index (χ1) is 8.37. The van der Waals surface area contributed by atoms with Crippen LogP contribution in [0.1, 0.15) is 5.56 Å². The maximum Gasteiger partial charge on any atom is 0.252 e. The summed E-state index contributed by atoms with van der Waals surface area (Å²) in [5.41, 5.74) is 6.01. The van der Waals surface area contributed by atoms with Gasteiger partial charge < -0.3 is 5.73 Å². The van der Waals surface area contributed by atoms with Gasteiger partial charge in [0.15, 0.2) is 0 Å². The van der Waals surface area contributed by atoms with E-state index in [1.54, 1.807) is 19.1 Å². The minimum absolute atomic E-state index is 0.00222. The average Bonchev–Trinajstić information content (AvgIpc) is 2.28. The van der Waals surface area contributed by atoms with Gasteiger partial charge in [0.05, 0.1) is 11.4 Å². The van der Waals surface area contributed by atoms with E-state index in [0.717, 1.165) is 5.56 Å². The standard InChI is InChI=1S/C11H16F2N2O2S/c1-9-3-2-4-10(7-9)18(16,17)15(6-5-14)8-11(12)13/h2-4,7,11H,5-6,8,14H2,1H3. The second-order valence-electron chi connectivity index (χ2n) is 3.86. The summed E-state index contributed by atoms with van der Waals surface area (Å²) in [5.74, 6) is 0. The van der Waals surface area contributed by atoms with Crippen LogP contribution in [0.5, 0.6) is 0 Å². The molecule has 0 aromatic heterocycles. The average molecular weight is 278 g/mol. The Morgan fingerprint density at radius 3 is 2.56 bits per heavy atom. The first-order valence-electron chi connectivity index (χ1n) is 5.43. The number of hydrogen-bond donors (Lipinski definition) is 1. The van der Waals surface area contributed by atoms with Crippen molar-refractivity contribution >= 4 is 10.0 Å². The number of rotatable bonds is 6. The molecule has 18 heavy (non-hydrogen) atoms. The van der Waals surface area contributed by atoms with Gasteiger partial charge in [0, 0.05) is 13.1 Å². The van der Waals surface area contributed by atoms with E-state index >= 15 is 0 Å². The quantitative estimate of drug-likeness (QED) is 0.850. The number of aryl methyl sites for hydroxylation is 1. The van der Waals surface area contributed by atoms with Gasteiger partial charge in [0.2, 0.25) is 10.0 Å². The summed E-state index contributed by atoms with van der Waals surface area (Å²) < 4.78 is 49.8. The lowest BCUT2D eigenvalue weighted by molar-refractivity contribution is 0.120. The van der Waals surface area contributed by atoms with E-state index in [4.69, 9.17) is 5.73 Å². The van der Waals surface area contributed by atoms with Crippen LogP contribution in [0.15, 0.2) is 29.2 Å². The minimum Gasteiger partial charge on any atom is -0.329 e. The lowest BCUT2D eigenvalue weighted by Gasteiger charge is -2.21. The Morgan fingerprint density at radius 2 is 2.06 bits per heavy atom. The Labute approximate surface area is 105 Å². The largest absolute Gasteiger partial charge is 0.329 e. The van der Waals surface area contributed by atoms with E-state index < -0.39 is 23.0 Å². The Hall–Kier alpha value is -1.05. The molecule has 0 spiro atoms. The van der Waals surface area contributed by atoms with Gasteiger partial charge in [-0.3, -0.25) is 0 Å². The van der Waals surface area contributed by atoms with Crippen LogP contribution in [0.25, 0.3) is 0 Å². The first-order valence-corrected chi connectivity index (χ1v) is 6.87. The lowest BCUT2D eigenvalue weighted by atomic mass is 10.2. The van der Waals surface area contributed by atoms with Gasteiger partial charge in [-0.1, -0.05) is 12.1 Å². The second kappa shape index (κ2) is 6.21. The molecular formula is C11H16F2N2O2S. The number of alkyl halides is 2. The summed E-state index contributed by atoms with van der Waals surface area (Å²) in [6.07, 6.45) is -2.73. The van der Waals surface area contributed by atoms with E-state index in [9.17, 15) is 17.2 Å². The van der Waals surface area contributed by atoms with Gasteiger partial charge in [0.25, 0.3) is 6.43 Å². The van der Waals surface area contributed by atoms with Gasteiger partial charge >= 0.3 is 0 Å². The van der Waals surface area contributed by atoms with E-state index in [-0.39, 0.29) is 18.0 Å². The van der Waals surface area contributed by atoms with Crippen LogP contribution in [0, 0.1) is 6.92 Å². The van der Waals surface area contributed by atoms with Crippen LogP contribution < -0.4 is 5.73 Å². The molecule has 0 aliphatic heterocycles. The van der Waals surface area contributed by atoms with Gasteiger partial charge in [0.1, 0.15) is 0 Å². The van der Waals surface area contributed by atoms with Crippen molar-refractivity contribution in [2.24, 2.45) is 5.73 Å². The van der Waals surface area contributed by atoms with Crippen LogP contribution in [0.4, 0.5) is 8.78 Å². The van der Waals surface area contributed by atoms with Crippen molar-refractivity contribution in [2.45, 2.75) is 18.2 Å².